The van der Waals surface area contributed by atoms with Crippen molar-refractivity contribution in [2.24, 2.45) is 0 Å². The smallest absolute Gasteiger partial charge is 0.232 e. The summed E-state index contributed by atoms with van der Waals surface area (Å²) >= 11 is 3.39. The van der Waals surface area contributed by atoms with Gasteiger partial charge in [0.2, 0.25) is 11.7 Å². The molecule has 1 saturated carbocycles. The van der Waals surface area contributed by atoms with E-state index in [-0.39, 0.29) is 12.0 Å². The van der Waals surface area contributed by atoms with Gasteiger partial charge in [-0.25, -0.2) is 0 Å². The third-order valence-electron chi connectivity index (χ3n) is 3.34. The lowest BCUT2D eigenvalue weighted by Gasteiger charge is -2.07. The minimum Gasteiger partial charge on any atom is -0.392 e. The molecule has 1 aromatic heterocycles. The molecule has 4 nitrogen and oxygen atoms in total. The molecule has 1 N–H and O–H groups in total. The minimum absolute atomic E-state index is 0.00157. The van der Waals surface area contributed by atoms with Crippen molar-refractivity contribution in [3.05, 3.63) is 34.6 Å². The van der Waals surface area contributed by atoms with Gasteiger partial charge in [-0.3, -0.25) is 0 Å². The maximum atomic E-state index is 9.82. The lowest BCUT2D eigenvalue weighted by atomic mass is 10.1. The number of aromatic nitrogens is 2. The summed E-state index contributed by atoms with van der Waals surface area (Å²) in [7, 11) is 0. The Kier molecular flexibility index (Phi) is 3.18. The van der Waals surface area contributed by atoms with Gasteiger partial charge >= 0.3 is 0 Å². The van der Waals surface area contributed by atoms with E-state index in [2.05, 4.69) is 26.1 Å². The zero-order chi connectivity index (χ0) is 12.5. The first kappa shape index (κ1) is 11.9. The fourth-order valence-corrected chi connectivity index (χ4v) is 2.59. The molecular weight excluding hydrogens is 296 g/mol. The third kappa shape index (κ3) is 2.20. The molecule has 0 aliphatic heterocycles. The van der Waals surface area contributed by atoms with Crippen molar-refractivity contribution in [1.82, 2.24) is 10.1 Å². The van der Waals surface area contributed by atoms with Crippen molar-refractivity contribution >= 4 is 15.9 Å². The van der Waals surface area contributed by atoms with Crippen LogP contribution in [0.2, 0.25) is 0 Å². The molecule has 1 aliphatic rings. The molecular formula is C13H13BrN2O2. The minimum atomic E-state index is -0.344. The van der Waals surface area contributed by atoms with E-state index in [0.717, 1.165) is 29.3 Å². The number of aliphatic hydroxyl groups is 1. The second-order valence-corrected chi connectivity index (χ2v) is 5.48. The van der Waals surface area contributed by atoms with Crippen LogP contribution in [0.4, 0.5) is 0 Å². The zero-order valence-electron chi connectivity index (χ0n) is 9.71. The average molecular weight is 309 g/mol. The Morgan fingerprint density at radius 3 is 2.67 bits per heavy atom. The van der Waals surface area contributed by atoms with E-state index in [1.165, 1.54) is 0 Å². The lowest BCUT2D eigenvalue weighted by Crippen LogP contribution is -2.11. The topological polar surface area (TPSA) is 59.2 Å². The Morgan fingerprint density at radius 1 is 1.22 bits per heavy atom. The van der Waals surface area contributed by atoms with Crippen LogP contribution in [0.5, 0.6) is 0 Å². The van der Waals surface area contributed by atoms with Gasteiger partial charge in [0, 0.05) is 10.0 Å². The fourth-order valence-electron chi connectivity index (χ4n) is 2.33. The first-order valence-corrected chi connectivity index (χ1v) is 6.81. The number of nitrogens with zero attached hydrogens (tertiary/aromatic N) is 2. The predicted molar refractivity (Wildman–Crippen MR) is 70.0 cm³/mol. The second kappa shape index (κ2) is 4.82. The molecule has 3 rings (SSSR count). The number of hydrogen-bond donors (Lipinski definition) is 1. The van der Waals surface area contributed by atoms with Crippen LogP contribution < -0.4 is 0 Å². The van der Waals surface area contributed by atoms with Crippen molar-refractivity contribution in [2.45, 2.75) is 31.3 Å². The molecule has 2 unspecified atom stereocenters. The summed E-state index contributed by atoms with van der Waals surface area (Å²) < 4.78 is 6.29. The average Bonchev–Trinajstić information content (AvgIpc) is 2.98. The SMILES string of the molecule is OC1CCCC1c1nc(-c2ccc(Br)cc2)no1. The molecule has 1 aliphatic carbocycles. The van der Waals surface area contributed by atoms with Gasteiger partial charge in [-0.1, -0.05) is 21.1 Å². The summed E-state index contributed by atoms with van der Waals surface area (Å²) in [6.45, 7) is 0. The van der Waals surface area contributed by atoms with E-state index in [1.54, 1.807) is 0 Å². The molecule has 0 amide bonds. The third-order valence-corrected chi connectivity index (χ3v) is 3.87. The van der Waals surface area contributed by atoms with Crippen LogP contribution in [0.3, 0.4) is 0 Å². The number of hydrogen-bond acceptors (Lipinski definition) is 4. The first-order valence-electron chi connectivity index (χ1n) is 6.01. The van der Waals surface area contributed by atoms with E-state index in [9.17, 15) is 5.11 Å². The monoisotopic (exact) mass is 308 g/mol. The summed E-state index contributed by atoms with van der Waals surface area (Å²) in [4.78, 5) is 4.39. The molecule has 5 heteroatoms. The molecule has 0 saturated heterocycles. The standard InChI is InChI=1S/C13H13BrN2O2/c14-9-6-4-8(5-7-9)12-15-13(18-16-12)10-2-1-3-11(10)17/h4-7,10-11,17H,1-3H2. The molecule has 2 aromatic rings. The lowest BCUT2D eigenvalue weighted by molar-refractivity contribution is 0.148. The van der Waals surface area contributed by atoms with Gasteiger partial charge in [0.1, 0.15) is 0 Å². The van der Waals surface area contributed by atoms with Crippen molar-refractivity contribution < 1.29 is 9.63 Å². The summed E-state index contributed by atoms with van der Waals surface area (Å²) in [5, 5.41) is 13.8. The van der Waals surface area contributed by atoms with E-state index >= 15 is 0 Å². The number of benzene rings is 1. The molecule has 1 heterocycles. The maximum absolute atomic E-state index is 9.82. The maximum Gasteiger partial charge on any atom is 0.232 e. The Morgan fingerprint density at radius 2 is 2.00 bits per heavy atom. The van der Waals surface area contributed by atoms with Crippen molar-refractivity contribution in [2.75, 3.05) is 0 Å². The number of rotatable bonds is 2. The Labute approximate surface area is 113 Å². The van der Waals surface area contributed by atoms with Crippen molar-refractivity contribution in [3.63, 3.8) is 0 Å². The van der Waals surface area contributed by atoms with Gasteiger partial charge in [0.15, 0.2) is 0 Å². The van der Waals surface area contributed by atoms with Gasteiger partial charge in [-0.2, -0.15) is 4.98 Å². The number of halogens is 1. The molecule has 18 heavy (non-hydrogen) atoms. The highest BCUT2D eigenvalue weighted by Crippen LogP contribution is 2.34. The van der Waals surface area contributed by atoms with E-state index in [0.29, 0.717) is 11.7 Å². The van der Waals surface area contributed by atoms with Crippen LogP contribution in [0.15, 0.2) is 33.3 Å². The quantitative estimate of drug-likeness (QED) is 0.926. The molecule has 0 spiro atoms. The Balaban J connectivity index is 1.87. The van der Waals surface area contributed by atoms with Gasteiger partial charge in [-0.15, -0.1) is 0 Å². The Bertz CT molecular complexity index is 538. The zero-order valence-corrected chi connectivity index (χ0v) is 11.3. The summed E-state index contributed by atoms with van der Waals surface area (Å²) in [5.41, 5.74) is 0.917. The molecule has 2 atom stereocenters. The summed E-state index contributed by atoms with van der Waals surface area (Å²) in [5.74, 6) is 1.14. The largest absolute Gasteiger partial charge is 0.392 e. The highest BCUT2D eigenvalue weighted by atomic mass is 79.9. The number of aliphatic hydroxyl groups excluding tert-OH is 1. The van der Waals surface area contributed by atoms with Gasteiger partial charge in [0.05, 0.1) is 12.0 Å². The van der Waals surface area contributed by atoms with Crippen LogP contribution in [-0.2, 0) is 0 Å². The molecule has 0 radical (unpaired) electrons. The van der Waals surface area contributed by atoms with Crippen LogP contribution in [-0.4, -0.2) is 21.4 Å². The fraction of sp³-hybridized carbons (Fsp3) is 0.385. The highest BCUT2D eigenvalue weighted by molar-refractivity contribution is 9.10. The summed E-state index contributed by atoms with van der Waals surface area (Å²) in [6.07, 6.45) is 2.41. The molecule has 1 aromatic carbocycles. The van der Waals surface area contributed by atoms with Crippen LogP contribution in [0.1, 0.15) is 31.1 Å². The van der Waals surface area contributed by atoms with Gasteiger partial charge in [0.25, 0.3) is 0 Å². The van der Waals surface area contributed by atoms with Crippen molar-refractivity contribution in [3.8, 4) is 11.4 Å². The van der Waals surface area contributed by atoms with Crippen LogP contribution in [0.25, 0.3) is 11.4 Å². The van der Waals surface area contributed by atoms with Crippen molar-refractivity contribution in [1.29, 1.82) is 0 Å². The molecule has 0 bridgehead atoms. The van der Waals surface area contributed by atoms with E-state index in [1.807, 2.05) is 24.3 Å². The molecule has 94 valence electrons. The van der Waals surface area contributed by atoms with Gasteiger partial charge in [-0.05, 0) is 43.5 Å². The van der Waals surface area contributed by atoms with Crippen LogP contribution in [0, 0.1) is 0 Å². The van der Waals surface area contributed by atoms with Crippen LogP contribution >= 0.6 is 15.9 Å². The normalized spacial score (nSPS) is 23.4. The van der Waals surface area contributed by atoms with Gasteiger partial charge < -0.3 is 9.63 Å². The van der Waals surface area contributed by atoms with E-state index < -0.39 is 0 Å². The first-order chi connectivity index (χ1) is 8.74. The summed E-state index contributed by atoms with van der Waals surface area (Å²) in [6, 6.07) is 7.75. The second-order valence-electron chi connectivity index (χ2n) is 4.57. The molecule has 1 fully saturated rings. The Hall–Kier alpha value is -1.20. The predicted octanol–water partition coefficient (Wildman–Crippen LogP) is 3.13. The highest BCUT2D eigenvalue weighted by Gasteiger charge is 2.31. The van der Waals surface area contributed by atoms with E-state index in [4.69, 9.17) is 4.52 Å².